The van der Waals surface area contributed by atoms with Crippen LogP contribution in [0.4, 0.5) is 0 Å². The molecule has 0 fully saturated rings. The van der Waals surface area contributed by atoms with Crippen LogP contribution in [0.25, 0.3) is 5.57 Å². The molecule has 1 rings (SSSR count). The third-order valence-electron chi connectivity index (χ3n) is 5.29. The number of amidine groups is 1. The van der Waals surface area contributed by atoms with E-state index in [1.54, 1.807) is 0 Å². The van der Waals surface area contributed by atoms with Crippen molar-refractivity contribution in [1.82, 2.24) is 5.32 Å². The number of nitrogens with one attached hydrogen (secondary N) is 1. The van der Waals surface area contributed by atoms with Crippen LogP contribution in [-0.4, -0.2) is 11.5 Å². The second kappa shape index (κ2) is 12.7. The van der Waals surface area contributed by atoms with Gasteiger partial charge in [-0.15, -0.1) is 0 Å². The van der Waals surface area contributed by atoms with E-state index in [0.29, 0.717) is 12.4 Å². The molecule has 0 radical (unpaired) electrons. The van der Waals surface area contributed by atoms with Crippen LogP contribution in [0.5, 0.6) is 0 Å². The first kappa shape index (κ1) is 26.1. The van der Waals surface area contributed by atoms with Crippen LogP contribution in [0.15, 0.2) is 82.6 Å². The second-order valence-electron chi connectivity index (χ2n) is 7.82. The lowest BCUT2D eigenvalue weighted by molar-refractivity contribution is 0.832. The van der Waals surface area contributed by atoms with Gasteiger partial charge in [-0.2, -0.15) is 0 Å². The molecule has 1 aromatic rings. The summed E-state index contributed by atoms with van der Waals surface area (Å²) in [5.41, 5.74) is 9.48. The van der Waals surface area contributed by atoms with E-state index in [1.165, 1.54) is 22.3 Å². The molecule has 0 aliphatic rings. The van der Waals surface area contributed by atoms with Crippen molar-refractivity contribution in [2.75, 3.05) is 0 Å². The first-order valence-corrected chi connectivity index (χ1v) is 11.0. The second-order valence-corrected chi connectivity index (χ2v) is 7.82. The Hall–Kier alpha value is -2.94. The Kier molecular flexibility index (Phi) is 10.7. The van der Waals surface area contributed by atoms with Gasteiger partial charge in [-0.1, -0.05) is 63.4 Å². The minimum Gasteiger partial charge on any atom is -0.380 e. The number of hydrogen-bond acceptors (Lipinski definition) is 2. The predicted molar refractivity (Wildman–Crippen MR) is 140 cm³/mol. The fourth-order valence-corrected chi connectivity index (χ4v) is 2.88. The molecular weight excluding hydrogens is 378 g/mol. The highest BCUT2D eigenvalue weighted by molar-refractivity contribution is 6.13. The third-order valence-corrected chi connectivity index (χ3v) is 5.29. The molecule has 0 amide bonds. The quantitative estimate of drug-likeness (QED) is 0.238. The molecule has 0 bridgehead atoms. The summed E-state index contributed by atoms with van der Waals surface area (Å²) in [4.78, 5) is 9.24. The smallest absolute Gasteiger partial charge is 0.126 e. The van der Waals surface area contributed by atoms with E-state index in [9.17, 15) is 0 Å². The van der Waals surface area contributed by atoms with Gasteiger partial charge in [0.1, 0.15) is 5.84 Å². The number of hydrogen-bond donors (Lipinski definition) is 1. The first-order chi connectivity index (χ1) is 14.6. The Morgan fingerprint density at radius 3 is 2.23 bits per heavy atom. The molecule has 0 saturated carbocycles. The molecule has 0 aromatic heterocycles. The molecule has 3 nitrogen and oxygen atoms in total. The summed E-state index contributed by atoms with van der Waals surface area (Å²) in [6.07, 6.45) is 5.90. The van der Waals surface area contributed by atoms with E-state index in [0.717, 1.165) is 41.1 Å². The average Bonchev–Trinajstić information content (AvgIpc) is 2.75. The minimum absolute atomic E-state index is 0.684. The molecule has 1 aromatic carbocycles. The zero-order valence-corrected chi connectivity index (χ0v) is 20.5. The van der Waals surface area contributed by atoms with Gasteiger partial charge >= 0.3 is 0 Å². The molecule has 0 aliphatic heterocycles. The van der Waals surface area contributed by atoms with Crippen LogP contribution < -0.4 is 5.32 Å². The third kappa shape index (κ3) is 8.37. The van der Waals surface area contributed by atoms with Gasteiger partial charge in [-0.25, -0.2) is 9.98 Å². The van der Waals surface area contributed by atoms with Crippen molar-refractivity contribution in [2.24, 2.45) is 9.98 Å². The number of benzene rings is 1. The highest BCUT2D eigenvalue weighted by atomic mass is 15.0. The number of aliphatic imine (C=N–C) groups is 2. The molecule has 0 spiro atoms. The van der Waals surface area contributed by atoms with E-state index in [1.807, 2.05) is 46.8 Å². The highest BCUT2D eigenvalue weighted by Crippen LogP contribution is 2.21. The van der Waals surface area contributed by atoms with Gasteiger partial charge in [0.05, 0.1) is 11.4 Å². The van der Waals surface area contributed by atoms with Crippen LogP contribution in [0.2, 0.25) is 0 Å². The largest absolute Gasteiger partial charge is 0.380 e. The Morgan fingerprint density at radius 1 is 1.00 bits per heavy atom. The number of aryl methyl sites for hydroxylation is 1. The van der Waals surface area contributed by atoms with E-state index in [-0.39, 0.29) is 0 Å². The molecule has 0 heterocycles. The summed E-state index contributed by atoms with van der Waals surface area (Å²) in [5.74, 6) is 0.691. The van der Waals surface area contributed by atoms with Crippen molar-refractivity contribution in [1.29, 1.82) is 0 Å². The molecule has 3 heteroatoms. The van der Waals surface area contributed by atoms with Crippen LogP contribution in [0, 0.1) is 0 Å². The maximum Gasteiger partial charge on any atom is 0.126 e. The lowest BCUT2D eigenvalue weighted by Crippen LogP contribution is -2.20. The summed E-state index contributed by atoms with van der Waals surface area (Å²) in [7, 11) is 0. The molecular formula is C28H39N3. The topological polar surface area (TPSA) is 36.8 Å². The van der Waals surface area contributed by atoms with Crippen molar-refractivity contribution in [3.8, 4) is 0 Å². The maximum absolute atomic E-state index is 4.72. The summed E-state index contributed by atoms with van der Waals surface area (Å²) in [6, 6.07) is 6.59. The van der Waals surface area contributed by atoms with E-state index >= 15 is 0 Å². The van der Waals surface area contributed by atoms with Crippen LogP contribution in [0.3, 0.4) is 0 Å². The predicted octanol–water partition coefficient (Wildman–Crippen LogP) is 7.58. The summed E-state index contributed by atoms with van der Waals surface area (Å²) in [6.45, 7) is 27.3. The summed E-state index contributed by atoms with van der Waals surface area (Å²) >= 11 is 0. The fourth-order valence-electron chi connectivity index (χ4n) is 2.88. The number of allylic oxidation sites excluding steroid dienone is 6. The Balaban J connectivity index is 3.17. The van der Waals surface area contributed by atoms with Gasteiger partial charge in [0, 0.05) is 12.2 Å². The van der Waals surface area contributed by atoms with Gasteiger partial charge in [0.2, 0.25) is 0 Å². The van der Waals surface area contributed by atoms with Crippen LogP contribution >= 0.6 is 0 Å². The Bertz CT molecular complexity index is 952. The van der Waals surface area contributed by atoms with Gasteiger partial charge in [0.15, 0.2) is 0 Å². The molecule has 1 N–H and O–H groups in total. The molecule has 31 heavy (non-hydrogen) atoms. The number of nitrogens with zero attached hydrogens (tertiary/aromatic N) is 2. The standard InChI is InChI=1S/C28H39N3/c1-11-20(6)26-14-15-27(25(13-3)17-26)18-29-23(9)28(16-21(7)19(4)5)31-24(10)30-22(8)12-2/h12,14-17,29H,4,6,9,11,13,18H2,1-3,5,7-8,10H3/b21-16+,22-12-,30-24?,31-28?. The van der Waals surface area contributed by atoms with E-state index < -0.39 is 0 Å². The van der Waals surface area contributed by atoms with Crippen molar-refractivity contribution in [3.63, 3.8) is 0 Å². The maximum atomic E-state index is 4.72. The van der Waals surface area contributed by atoms with Crippen molar-refractivity contribution < 1.29 is 0 Å². The molecule has 166 valence electrons. The van der Waals surface area contributed by atoms with E-state index in [4.69, 9.17) is 4.99 Å². The van der Waals surface area contributed by atoms with Gasteiger partial charge in [-0.05, 0) is 81.4 Å². The van der Waals surface area contributed by atoms with Crippen molar-refractivity contribution >= 4 is 17.1 Å². The Morgan fingerprint density at radius 2 is 1.68 bits per heavy atom. The lowest BCUT2D eigenvalue weighted by Gasteiger charge is -2.15. The molecule has 0 atom stereocenters. The van der Waals surface area contributed by atoms with Crippen LogP contribution in [0.1, 0.15) is 71.6 Å². The molecule has 0 aliphatic carbocycles. The van der Waals surface area contributed by atoms with Crippen molar-refractivity contribution in [2.45, 2.75) is 67.9 Å². The first-order valence-electron chi connectivity index (χ1n) is 11.0. The average molecular weight is 418 g/mol. The van der Waals surface area contributed by atoms with Gasteiger partial charge in [0.25, 0.3) is 0 Å². The summed E-state index contributed by atoms with van der Waals surface area (Å²) in [5, 5.41) is 3.46. The lowest BCUT2D eigenvalue weighted by atomic mass is 9.97. The molecule has 0 saturated heterocycles. The van der Waals surface area contributed by atoms with Gasteiger partial charge < -0.3 is 5.32 Å². The minimum atomic E-state index is 0.684. The Labute approximate surface area is 189 Å². The zero-order valence-electron chi connectivity index (χ0n) is 20.5. The SMILES string of the molecule is C=C(NCc1ccc(C(=C)CC)cc1CC)C(/C=C(\C)C(=C)C)=NC(C)=N/C(C)=C\C. The fraction of sp³-hybridized carbons (Fsp3) is 0.357. The van der Waals surface area contributed by atoms with Gasteiger partial charge in [-0.3, -0.25) is 0 Å². The van der Waals surface area contributed by atoms with Crippen LogP contribution in [-0.2, 0) is 13.0 Å². The highest BCUT2D eigenvalue weighted by Gasteiger charge is 2.08. The number of rotatable bonds is 10. The monoisotopic (exact) mass is 417 g/mol. The normalized spacial score (nSPS) is 13.3. The summed E-state index contributed by atoms with van der Waals surface area (Å²) < 4.78 is 0. The van der Waals surface area contributed by atoms with Crippen molar-refractivity contribution in [3.05, 3.63) is 89.3 Å². The van der Waals surface area contributed by atoms with E-state index in [2.05, 4.69) is 62.1 Å². The molecule has 0 unspecified atom stereocenters. The zero-order chi connectivity index (χ0) is 23.6.